The van der Waals surface area contributed by atoms with E-state index in [1.165, 1.54) is 11.1 Å². The van der Waals surface area contributed by atoms with Crippen molar-refractivity contribution in [1.82, 2.24) is 25.1 Å². The van der Waals surface area contributed by atoms with Gasteiger partial charge in [0.1, 0.15) is 11.5 Å². The van der Waals surface area contributed by atoms with Crippen LogP contribution < -0.4 is 21.2 Å². The summed E-state index contributed by atoms with van der Waals surface area (Å²) < 4.78 is 2.02. The molecule has 0 saturated carbocycles. The smallest absolute Gasteiger partial charge is 0.183 e. The van der Waals surface area contributed by atoms with E-state index in [4.69, 9.17) is 15.1 Å². The molecule has 0 saturated heterocycles. The number of benzene rings is 2. The Labute approximate surface area is 194 Å². The number of hydrogen-bond donors (Lipinski definition) is 2. The standard InChI is InChI=1S/C27H30N6/c1-18-10-7-15-22-23(18)30-27(31-26(22)29-17-9-16-28-3)24-21-14-8-11-19(2)25(21)33(32-24)20-12-5-4-6-13-20/h4-6,8,11-15,28H,7,9-10,16-17H2,1-3H3,(H,29,30,31). The largest absolute Gasteiger partial charge is 0.369 e. The Hall–Kier alpha value is -3.51. The minimum atomic E-state index is 0.671. The van der Waals surface area contributed by atoms with Crippen molar-refractivity contribution in [2.45, 2.75) is 33.1 Å². The normalized spacial score (nSPS) is 13.1. The van der Waals surface area contributed by atoms with Crippen LogP contribution in [0.2, 0.25) is 0 Å². The summed E-state index contributed by atoms with van der Waals surface area (Å²) in [7, 11) is 1.98. The zero-order valence-corrected chi connectivity index (χ0v) is 19.5. The number of nitrogens with one attached hydrogen (secondary N) is 2. The van der Waals surface area contributed by atoms with Gasteiger partial charge in [-0.1, -0.05) is 42.5 Å². The second-order valence-corrected chi connectivity index (χ2v) is 8.63. The number of anilines is 1. The molecule has 2 N–H and O–H groups in total. The van der Waals surface area contributed by atoms with E-state index in [1.54, 1.807) is 0 Å². The molecule has 0 spiro atoms. The molecule has 168 valence electrons. The molecular weight excluding hydrogens is 408 g/mol. The highest BCUT2D eigenvalue weighted by atomic mass is 15.3. The van der Waals surface area contributed by atoms with Crippen molar-refractivity contribution in [3.05, 3.63) is 64.7 Å². The van der Waals surface area contributed by atoms with Gasteiger partial charge in [0.25, 0.3) is 0 Å². The molecule has 6 heteroatoms. The molecule has 0 aliphatic heterocycles. The SMILES string of the molecule is CNCCCNc1nc(-c2nn(-c3ccccc3)c3c(C)cccc23)nc2c1=CCCC=2C. The predicted octanol–water partition coefficient (Wildman–Crippen LogP) is 3.56. The summed E-state index contributed by atoms with van der Waals surface area (Å²) in [6, 6.07) is 16.6. The molecule has 1 aliphatic carbocycles. The summed E-state index contributed by atoms with van der Waals surface area (Å²) in [5.74, 6) is 1.57. The Morgan fingerprint density at radius 2 is 1.82 bits per heavy atom. The fraction of sp³-hybridized carbons (Fsp3) is 0.296. The third kappa shape index (κ3) is 4.02. The molecule has 33 heavy (non-hydrogen) atoms. The van der Waals surface area contributed by atoms with Gasteiger partial charge >= 0.3 is 0 Å². The first kappa shape index (κ1) is 21.3. The Kier molecular flexibility index (Phi) is 5.92. The van der Waals surface area contributed by atoms with Crippen LogP contribution in [0, 0.1) is 6.92 Å². The fourth-order valence-corrected chi connectivity index (χ4v) is 4.51. The van der Waals surface area contributed by atoms with Crippen molar-refractivity contribution in [3.63, 3.8) is 0 Å². The van der Waals surface area contributed by atoms with Crippen molar-refractivity contribution >= 4 is 28.4 Å². The van der Waals surface area contributed by atoms with Crippen LogP contribution in [0.5, 0.6) is 0 Å². The zero-order valence-electron chi connectivity index (χ0n) is 19.5. The van der Waals surface area contributed by atoms with E-state index in [-0.39, 0.29) is 0 Å². The van der Waals surface area contributed by atoms with Crippen molar-refractivity contribution < 1.29 is 0 Å². The summed E-state index contributed by atoms with van der Waals surface area (Å²) in [5, 5.41) is 15.0. The molecule has 0 amide bonds. The number of fused-ring (bicyclic) bond motifs is 2. The van der Waals surface area contributed by atoms with Crippen LogP contribution in [0.25, 0.3) is 39.8 Å². The average molecular weight is 439 g/mol. The lowest BCUT2D eigenvalue weighted by Gasteiger charge is -2.12. The lowest BCUT2D eigenvalue weighted by Crippen LogP contribution is -2.36. The van der Waals surface area contributed by atoms with Gasteiger partial charge in [-0.2, -0.15) is 5.10 Å². The Balaban J connectivity index is 1.72. The molecule has 1 aliphatic rings. The van der Waals surface area contributed by atoms with Crippen LogP contribution in [0.3, 0.4) is 0 Å². The number of nitrogens with zero attached hydrogens (tertiary/aromatic N) is 4. The third-order valence-corrected chi connectivity index (χ3v) is 6.23. The summed E-state index contributed by atoms with van der Waals surface area (Å²) in [6.07, 6.45) is 5.34. The van der Waals surface area contributed by atoms with E-state index in [0.717, 1.165) is 71.0 Å². The van der Waals surface area contributed by atoms with Crippen LogP contribution in [0.4, 0.5) is 5.82 Å². The maximum Gasteiger partial charge on any atom is 0.183 e. The molecular formula is C27H30N6. The summed E-state index contributed by atoms with van der Waals surface area (Å²) in [6.45, 7) is 6.13. The molecule has 0 fully saturated rings. The Bertz CT molecular complexity index is 1420. The molecule has 2 aromatic heterocycles. The lowest BCUT2D eigenvalue weighted by molar-refractivity contribution is 0.746. The van der Waals surface area contributed by atoms with Gasteiger partial charge in [-0.05, 0) is 70.0 Å². The molecule has 2 aromatic carbocycles. The number of aromatic nitrogens is 4. The predicted molar refractivity (Wildman–Crippen MR) is 136 cm³/mol. The molecule has 0 radical (unpaired) electrons. The van der Waals surface area contributed by atoms with E-state index < -0.39 is 0 Å². The first-order valence-corrected chi connectivity index (χ1v) is 11.7. The van der Waals surface area contributed by atoms with E-state index in [2.05, 4.69) is 60.9 Å². The number of hydrogen-bond acceptors (Lipinski definition) is 5. The highest BCUT2D eigenvalue weighted by Gasteiger charge is 2.19. The van der Waals surface area contributed by atoms with Gasteiger partial charge in [0.05, 0.1) is 16.6 Å². The Morgan fingerprint density at radius 3 is 2.64 bits per heavy atom. The monoisotopic (exact) mass is 438 g/mol. The van der Waals surface area contributed by atoms with Crippen LogP contribution >= 0.6 is 0 Å². The fourth-order valence-electron chi connectivity index (χ4n) is 4.51. The van der Waals surface area contributed by atoms with Crippen LogP contribution in [-0.2, 0) is 0 Å². The van der Waals surface area contributed by atoms with Gasteiger partial charge in [-0.25, -0.2) is 14.6 Å². The molecule has 6 nitrogen and oxygen atoms in total. The van der Waals surface area contributed by atoms with Crippen LogP contribution in [0.15, 0.2) is 48.5 Å². The first-order chi connectivity index (χ1) is 16.2. The number of para-hydroxylation sites is 2. The van der Waals surface area contributed by atoms with Gasteiger partial charge in [-0.15, -0.1) is 0 Å². The number of rotatable bonds is 7. The summed E-state index contributed by atoms with van der Waals surface area (Å²) in [5.41, 5.74) is 5.42. The molecule has 0 atom stereocenters. The molecule has 4 aromatic rings. The van der Waals surface area contributed by atoms with Crippen molar-refractivity contribution in [1.29, 1.82) is 0 Å². The van der Waals surface area contributed by atoms with Crippen molar-refractivity contribution in [2.75, 3.05) is 25.5 Å². The minimum Gasteiger partial charge on any atom is -0.369 e. The zero-order chi connectivity index (χ0) is 22.8. The van der Waals surface area contributed by atoms with E-state index in [9.17, 15) is 0 Å². The van der Waals surface area contributed by atoms with Gasteiger partial charge in [0.15, 0.2) is 5.82 Å². The van der Waals surface area contributed by atoms with Gasteiger partial charge in [0.2, 0.25) is 0 Å². The first-order valence-electron chi connectivity index (χ1n) is 11.7. The second-order valence-electron chi connectivity index (χ2n) is 8.63. The Morgan fingerprint density at radius 1 is 0.970 bits per heavy atom. The van der Waals surface area contributed by atoms with Gasteiger partial charge in [0, 0.05) is 17.1 Å². The molecule has 0 unspecified atom stereocenters. The van der Waals surface area contributed by atoms with Gasteiger partial charge in [-0.3, -0.25) is 0 Å². The maximum atomic E-state index is 5.05. The quantitative estimate of drug-likeness (QED) is 0.432. The topological polar surface area (TPSA) is 67.7 Å². The molecule has 0 bridgehead atoms. The highest BCUT2D eigenvalue weighted by Crippen LogP contribution is 2.30. The molecule has 2 heterocycles. The van der Waals surface area contributed by atoms with Crippen molar-refractivity contribution in [3.8, 4) is 17.2 Å². The maximum absolute atomic E-state index is 5.05. The van der Waals surface area contributed by atoms with E-state index in [1.807, 2.05) is 29.9 Å². The average Bonchev–Trinajstić information content (AvgIpc) is 3.24. The second kappa shape index (κ2) is 9.16. The number of aryl methyl sites for hydroxylation is 1. The molecule has 5 rings (SSSR count). The highest BCUT2D eigenvalue weighted by molar-refractivity contribution is 5.94. The third-order valence-electron chi connectivity index (χ3n) is 6.23. The van der Waals surface area contributed by atoms with E-state index in [0.29, 0.717) is 5.82 Å². The summed E-state index contributed by atoms with van der Waals surface area (Å²) >= 11 is 0. The van der Waals surface area contributed by atoms with Crippen LogP contribution in [-0.4, -0.2) is 39.9 Å². The summed E-state index contributed by atoms with van der Waals surface area (Å²) in [4.78, 5) is 10.1. The van der Waals surface area contributed by atoms with Crippen molar-refractivity contribution in [2.24, 2.45) is 0 Å². The van der Waals surface area contributed by atoms with E-state index >= 15 is 0 Å². The van der Waals surface area contributed by atoms with Crippen LogP contribution in [0.1, 0.15) is 31.7 Å². The lowest BCUT2D eigenvalue weighted by atomic mass is 10.0. The minimum absolute atomic E-state index is 0.671. The van der Waals surface area contributed by atoms with Gasteiger partial charge < -0.3 is 10.6 Å².